The van der Waals surface area contributed by atoms with Crippen molar-refractivity contribution in [2.45, 2.75) is 37.8 Å². The van der Waals surface area contributed by atoms with Crippen molar-refractivity contribution in [1.82, 2.24) is 9.88 Å². The van der Waals surface area contributed by atoms with E-state index in [0.29, 0.717) is 17.0 Å². The van der Waals surface area contributed by atoms with E-state index in [-0.39, 0.29) is 11.7 Å². The van der Waals surface area contributed by atoms with Gasteiger partial charge in [-0.3, -0.25) is 4.79 Å². The Morgan fingerprint density at radius 3 is 2.41 bits per heavy atom. The Morgan fingerprint density at radius 2 is 1.69 bits per heavy atom. The van der Waals surface area contributed by atoms with Crippen LogP contribution in [0.25, 0.3) is 21.8 Å². The molecule has 1 N–H and O–H groups in total. The molecule has 0 unspecified atom stereocenters. The number of sulfone groups is 1. The van der Waals surface area contributed by atoms with Crippen molar-refractivity contribution in [3.63, 3.8) is 0 Å². The summed E-state index contributed by atoms with van der Waals surface area (Å²) in [5.74, 6) is 0.690. The Hall–Kier alpha value is -3.12. The third-order valence-corrected chi connectivity index (χ3v) is 8.04. The monoisotopic (exact) mass is 446 g/mol. The lowest BCUT2D eigenvalue weighted by atomic mass is 10.1. The summed E-state index contributed by atoms with van der Waals surface area (Å²) in [4.78, 5) is 13.2. The topological polar surface area (TPSA) is 68.2 Å². The molecule has 164 valence electrons. The van der Waals surface area contributed by atoms with Gasteiger partial charge in [-0.1, -0.05) is 37.3 Å². The molecule has 4 aromatic rings. The molecule has 0 atom stereocenters. The molecule has 1 amide bonds. The van der Waals surface area contributed by atoms with Gasteiger partial charge in [0.2, 0.25) is 0 Å². The van der Waals surface area contributed by atoms with E-state index >= 15 is 0 Å². The first-order chi connectivity index (χ1) is 15.5. The number of rotatable bonds is 7. The van der Waals surface area contributed by atoms with Crippen molar-refractivity contribution in [2.75, 3.05) is 5.75 Å². The van der Waals surface area contributed by atoms with Gasteiger partial charge in [-0.15, -0.1) is 0 Å². The van der Waals surface area contributed by atoms with Crippen molar-refractivity contribution >= 4 is 37.6 Å². The maximum absolute atomic E-state index is 12.9. The minimum Gasteiger partial charge on any atom is -0.348 e. The third kappa shape index (κ3) is 3.91. The number of hydrogen-bond acceptors (Lipinski definition) is 3. The minimum atomic E-state index is -3.22. The van der Waals surface area contributed by atoms with Crippen molar-refractivity contribution in [2.24, 2.45) is 5.92 Å². The summed E-state index contributed by atoms with van der Waals surface area (Å²) in [6.45, 7) is 3.00. The highest BCUT2D eigenvalue weighted by molar-refractivity contribution is 7.91. The van der Waals surface area contributed by atoms with Crippen LogP contribution in [0.5, 0.6) is 0 Å². The zero-order valence-corrected chi connectivity index (χ0v) is 18.9. The van der Waals surface area contributed by atoms with Gasteiger partial charge in [-0.05, 0) is 60.7 Å². The molecule has 6 heteroatoms. The Morgan fingerprint density at radius 1 is 0.969 bits per heavy atom. The molecule has 0 saturated heterocycles. The highest BCUT2D eigenvalue weighted by atomic mass is 32.2. The van der Waals surface area contributed by atoms with Crippen LogP contribution in [0.2, 0.25) is 0 Å². The summed E-state index contributed by atoms with van der Waals surface area (Å²) in [7, 11) is -3.22. The fraction of sp³-hybridized carbons (Fsp3) is 0.269. The number of amides is 1. The molecule has 0 aliphatic heterocycles. The molecule has 1 aliphatic rings. The SMILES string of the molecule is CCS(=O)(=O)c1ccc(CNC(=O)c2ccc3c(c2)c2ccccc2n3CC2CC2)cc1. The summed E-state index contributed by atoms with van der Waals surface area (Å²) < 4.78 is 26.3. The molecule has 1 fully saturated rings. The summed E-state index contributed by atoms with van der Waals surface area (Å²) >= 11 is 0. The van der Waals surface area contributed by atoms with Crippen LogP contribution in [0, 0.1) is 5.92 Å². The molecule has 1 aliphatic carbocycles. The maximum atomic E-state index is 12.9. The van der Waals surface area contributed by atoms with Gasteiger partial charge in [0, 0.05) is 40.5 Å². The number of carbonyl (C=O) groups excluding carboxylic acids is 1. The Balaban J connectivity index is 1.38. The number of benzene rings is 3. The normalized spacial score (nSPS) is 14.2. The predicted molar refractivity (Wildman–Crippen MR) is 128 cm³/mol. The standard InChI is InChI=1S/C26H26N2O3S/c1-2-32(30,31)21-12-9-18(10-13-21)16-27-26(29)20-11-14-25-23(15-20)22-5-3-4-6-24(22)28(25)17-19-7-8-19/h3-6,9-15,19H,2,7-8,16-17H2,1H3,(H,27,29). The first-order valence-corrected chi connectivity index (χ1v) is 12.7. The molecule has 0 bridgehead atoms. The fourth-order valence-corrected chi connectivity index (χ4v) is 5.10. The number of hydrogen-bond donors (Lipinski definition) is 1. The molecule has 0 radical (unpaired) electrons. The van der Waals surface area contributed by atoms with Gasteiger partial charge in [0.05, 0.1) is 10.6 Å². The van der Waals surface area contributed by atoms with Crippen molar-refractivity contribution < 1.29 is 13.2 Å². The van der Waals surface area contributed by atoms with Gasteiger partial charge in [0.25, 0.3) is 5.91 Å². The van der Waals surface area contributed by atoms with E-state index in [9.17, 15) is 13.2 Å². The van der Waals surface area contributed by atoms with E-state index in [1.54, 1.807) is 31.2 Å². The first kappa shape index (κ1) is 20.8. The van der Waals surface area contributed by atoms with Crippen LogP contribution in [-0.4, -0.2) is 24.6 Å². The maximum Gasteiger partial charge on any atom is 0.251 e. The van der Waals surface area contributed by atoms with Gasteiger partial charge < -0.3 is 9.88 Å². The van der Waals surface area contributed by atoms with Crippen LogP contribution < -0.4 is 5.32 Å². The number of nitrogens with zero attached hydrogens (tertiary/aromatic N) is 1. The summed E-state index contributed by atoms with van der Waals surface area (Å²) in [5, 5.41) is 5.23. The van der Waals surface area contributed by atoms with Gasteiger partial charge in [0.15, 0.2) is 9.84 Å². The Kier molecular flexibility index (Phi) is 5.25. The summed E-state index contributed by atoms with van der Waals surface area (Å²) in [5.41, 5.74) is 3.86. The highest BCUT2D eigenvalue weighted by Crippen LogP contribution is 2.36. The van der Waals surface area contributed by atoms with Gasteiger partial charge in [0.1, 0.15) is 0 Å². The first-order valence-electron chi connectivity index (χ1n) is 11.1. The second kappa shape index (κ2) is 8.10. The molecule has 32 heavy (non-hydrogen) atoms. The van der Waals surface area contributed by atoms with Crippen LogP contribution in [0.3, 0.4) is 0 Å². The number of nitrogens with one attached hydrogen (secondary N) is 1. The van der Waals surface area contributed by atoms with Crippen LogP contribution in [0.4, 0.5) is 0 Å². The van der Waals surface area contributed by atoms with E-state index < -0.39 is 9.84 Å². The molecule has 1 aromatic heterocycles. The summed E-state index contributed by atoms with van der Waals surface area (Å²) in [6, 6.07) is 21.0. The number of para-hydroxylation sites is 1. The average molecular weight is 447 g/mol. The van der Waals surface area contributed by atoms with E-state index in [0.717, 1.165) is 23.4 Å². The number of aromatic nitrogens is 1. The van der Waals surface area contributed by atoms with Crippen molar-refractivity contribution in [3.05, 3.63) is 77.9 Å². The van der Waals surface area contributed by atoms with E-state index in [4.69, 9.17) is 0 Å². The zero-order chi connectivity index (χ0) is 22.3. The lowest BCUT2D eigenvalue weighted by Gasteiger charge is -2.08. The molecular formula is C26H26N2O3S. The quantitative estimate of drug-likeness (QED) is 0.438. The molecule has 1 saturated carbocycles. The second-order valence-corrected chi connectivity index (χ2v) is 10.8. The van der Waals surface area contributed by atoms with Crippen molar-refractivity contribution in [1.29, 1.82) is 0 Å². The second-order valence-electron chi connectivity index (χ2n) is 8.53. The lowest BCUT2D eigenvalue weighted by molar-refractivity contribution is 0.0951. The lowest BCUT2D eigenvalue weighted by Crippen LogP contribution is -2.22. The van der Waals surface area contributed by atoms with Gasteiger partial charge >= 0.3 is 0 Å². The average Bonchev–Trinajstić information content (AvgIpc) is 3.60. The number of fused-ring (bicyclic) bond motifs is 3. The Bertz CT molecular complexity index is 1420. The van der Waals surface area contributed by atoms with E-state index in [1.165, 1.54) is 29.3 Å². The molecule has 1 heterocycles. The molecule has 3 aromatic carbocycles. The summed E-state index contributed by atoms with van der Waals surface area (Å²) in [6.07, 6.45) is 2.58. The smallest absolute Gasteiger partial charge is 0.251 e. The van der Waals surface area contributed by atoms with Gasteiger partial charge in [-0.25, -0.2) is 8.42 Å². The van der Waals surface area contributed by atoms with Crippen LogP contribution >= 0.6 is 0 Å². The molecule has 0 spiro atoms. The highest BCUT2D eigenvalue weighted by Gasteiger charge is 2.24. The van der Waals surface area contributed by atoms with Gasteiger partial charge in [-0.2, -0.15) is 0 Å². The minimum absolute atomic E-state index is 0.0720. The Labute approximate surface area is 188 Å². The molecule has 5 nitrogen and oxygen atoms in total. The number of carbonyl (C=O) groups is 1. The van der Waals surface area contributed by atoms with E-state index in [2.05, 4.69) is 34.1 Å². The van der Waals surface area contributed by atoms with E-state index in [1.807, 2.05) is 18.2 Å². The third-order valence-electron chi connectivity index (χ3n) is 6.29. The van der Waals surface area contributed by atoms with Crippen LogP contribution in [0.1, 0.15) is 35.7 Å². The largest absolute Gasteiger partial charge is 0.348 e. The van der Waals surface area contributed by atoms with Crippen molar-refractivity contribution in [3.8, 4) is 0 Å². The molecular weight excluding hydrogens is 420 g/mol. The van der Waals surface area contributed by atoms with Crippen LogP contribution in [0.15, 0.2) is 71.6 Å². The molecule has 5 rings (SSSR count). The fourth-order valence-electron chi connectivity index (χ4n) is 4.22. The predicted octanol–water partition coefficient (Wildman–Crippen LogP) is 4.93. The van der Waals surface area contributed by atoms with Crippen LogP contribution in [-0.2, 0) is 22.9 Å². The zero-order valence-electron chi connectivity index (χ0n) is 18.0.